The summed E-state index contributed by atoms with van der Waals surface area (Å²) in [5.74, 6) is -1.83. The van der Waals surface area contributed by atoms with Crippen molar-refractivity contribution in [2.75, 3.05) is 0 Å². The standard InChI is InChI=1S/C14H9F2NO/c15-12-4-2-9(6-13(12)16)8-1-3-11-10(5-8)7-17-14(11)18/h1-6H,7H2,(H,17,18). The molecular formula is C14H9F2NO. The van der Waals surface area contributed by atoms with E-state index >= 15 is 0 Å². The fourth-order valence-electron chi connectivity index (χ4n) is 2.09. The van der Waals surface area contributed by atoms with E-state index in [2.05, 4.69) is 5.32 Å². The number of rotatable bonds is 1. The largest absolute Gasteiger partial charge is 0.348 e. The third kappa shape index (κ3) is 1.66. The van der Waals surface area contributed by atoms with E-state index in [1.54, 1.807) is 12.1 Å². The van der Waals surface area contributed by atoms with E-state index in [9.17, 15) is 13.6 Å². The monoisotopic (exact) mass is 245 g/mol. The normalized spacial score (nSPS) is 13.3. The second kappa shape index (κ2) is 3.91. The Bertz CT molecular complexity index is 652. The Morgan fingerprint density at radius 1 is 0.944 bits per heavy atom. The smallest absolute Gasteiger partial charge is 0.251 e. The molecule has 90 valence electrons. The lowest BCUT2D eigenvalue weighted by Crippen LogP contribution is -2.12. The van der Waals surface area contributed by atoms with Gasteiger partial charge in [-0.2, -0.15) is 0 Å². The lowest BCUT2D eigenvalue weighted by Gasteiger charge is -2.04. The molecule has 0 saturated heterocycles. The summed E-state index contributed by atoms with van der Waals surface area (Å²) in [4.78, 5) is 11.4. The molecule has 0 unspecified atom stereocenters. The highest BCUT2D eigenvalue weighted by molar-refractivity contribution is 5.98. The number of hydrogen-bond donors (Lipinski definition) is 1. The Hall–Kier alpha value is -2.23. The number of amides is 1. The van der Waals surface area contributed by atoms with E-state index in [0.29, 0.717) is 17.7 Å². The first-order chi connectivity index (χ1) is 8.65. The van der Waals surface area contributed by atoms with Gasteiger partial charge in [0.2, 0.25) is 0 Å². The van der Waals surface area contributed by atoms with E-state index in [0.717, 1.165) is 23.3 Å². The van der Waals surface area contributed by atoms with Crippen LogP contribution in [0.5, 0.6) is 0 Å². The van der Waals surface area contributed by atoms with Crippen molar-refractivity contribution in [1.82, 2.24) is 5.32 Å². The second-order valence-electron chi connectivity index (χ2n) is 4.18. The van der Waals surface area contributed by atoms with E-state index in [1.165, 1.54) is 6.07 Å². The number of fused-ring (bicyclic) bond motifs is 1. The summed E-state index contributed by atoms with van der Waals surface area (Å²) < 4.78 is 26.0. The highest BCUT2D eigenvalue weighted by Crippen LogP contribution is 2.26. The second-order valence-corrected chi connectivity index (χ2v) is 4.18. The first-order valence-corrected chi connectivity index (χ1v) is 5.52. The van der Waals surface area contributed by atoms with Crippen LogP contribution in [0.4, 0.5) is 8.78 Å². The lowest BCUT2D eigenvalue weighted by molar-refractivity contribution is 0.0966. The van der Waals surface area contributed by atoms with Crippen LogP contribution in [0.1, 0.15) is 15.9 Å². The molecule has 1 N–H and O–H groups in total. The molecule has 0 bridgehead atoms. The molecule has 0 atom stereocenters. The fourth-order valence-corrected chi connectivity index (χ4v) is 2.09. The highest BCUT2D eigenvalue weighted by Gasteiger charge is 2.18. The molecule has 3 rings (SSSR count). The van der Waals surface area contributed by atoms with Crippen molar-refractivity contribution in [2.24, 2.45) is 0 Å². The first-order valence-electron chi connectivity index (χ1n) is 5.52. The summed E-state index contributed by atoms with van der Waals surface area (Å²) in [5.41, 5.74) is 2.88. The minimum Gasteiger partial charge on any atom is -0.348 e. The van der Waals surface area contributed by atoms with Crippen LogP contribution in [0, 0.1) is 11.6 Å². The van der Waals surface area contributed by atoms with Gasteiger partial charge in [-0.25, -0.2) is 8.78 Å². The molecule has 0 radical (unpaired) electrons. The summed E-state index contributed by atoms with van der Waals surface area (Å²) in [6.07, 6.45) is 0. The van der Waals surface area contributed by atoms with Gasteiger partial charge in [0, 0.05) is 12.1 Å². The molecule has 0 fully saturated rings. The summed E-state index contributed by atoms with van der Waals surface area (Å²) in [5, 5.41) is 2.71. The minimum absolute atomic E-state index is 0.0955. The van der Waals surface area contributed by atoms with Gasteiger partial charge in [-0.1, -0.05) is 12.1 Å². The summed E-state index contributed by atoms with van der Waals surface area (Å²) in [6, 6.07) is 9.03. The number of halogens is 2. The molecule has 2 nitrogen and oxygen atoms in total. The zero-order valence-corrected chi connectivity index (χ0v) is 9.34. The number of hydrogen-bond acceptors (Lipinski definition) is 1. The number of carbonyl (C=O) groups is 1. The zero-order chi connectivity index (χ0) is 12.7. The van der Waals surface area contributed by atoms with Crippen molar-refractivity contribution >= 4 is 5.91 Å². The maximum Gasteiger partial charge on any atom is 0.251 e. The predicted octanol–water partition coefficient (Wildman–Crippen LogP) is 2.88. The van der Waals surface area contributed by atoms with Crippen molar-refractivity contribution in [3.05, 3.63) is 59.2 Å². The summed E-state index contributed by atoms with van der Waals surface area (Å²) >= 11 is 0. The van der Waals surface area contributed by atoms with Crippen molar-refractivity contribution in [3.8, 4) is 11.1 Å². The number of nitrogens with one attached hydrogen (secondary N) is 1. The Morgan fingerprint density at radius 2 is 1.67 bits per heavy atom. The van der Waals surface area contributed by atoms with Crippen LogP contribution in [0.15, 0.2) is 36.4 Å². The molecule has 1 aliphatic heterocycles. The van der Waals surface area contributed by atoms with Crippen LogP contribution >= 0.6 is 0 Å². The van der Waals surface area contributed by atoms with Gasteiger partial charge < -0.3 is 5.32 Å². The van der Waals surface area contributed by atoms with Crippen molar-refractivity contribution in [3.63, 3.8) is 0 Å². The molecule has 2 aromatic rings. The molecule has 1 heterocycles. The topological polar surface area (TPSA) is 29.1 Å². The third-order valence-electron chi connectivity index (χ3n) is 3.04. The van der Waals surface area contributed by atoms with Crippen LogP contribution in [0.25, 0.3) is 11.1 Å². The van der Waals surface area contributed by atoms with E-state index in [4.69, 9.17) is 0 Å². The first kappa shape index (κ1) is 10.9. The minimum atomic E-state index is -0.873. The predicted molar refractivity (Wildman–Crippen MR) is 63.0 cm³/mol. The summed E-state index contributed by atoms with van der Waals surface area (Å²) in [7, 11) is 0. The third-order valence-corrected chi connectivity index (χ3v) is 3.04. The van der Waals surface area contributed by atoms with Crippen molar-refractivity contribution in [1.29, 1.82) is 0 Å². The van der Waals surface area contributed by atoms with Crippen LogP contribution in [0.2, 0.25) is 0 Å². The molecule has 1 aliphatic rings. The van der Waals surface area contributed by atoms with Gasteiger partial charge in [-0.15, -0.1) is 0 Å². The molecule has 0 spiro atoms. The molecular weight excluding hydrogens is 236 g/mol. The van der Waals surface area contributed by atoms with Crippen molar-refractivity contribution < 1.29 is 13.6 Å². The quantitative estimate of drug-likeness (QED) is 0.822. The molecule has 0 aromatic heterocycles. The number of benzene rings is 2. The SMILES string of the molecule is O=C1NCc2cc(-c3ccc(F)c(F)c3)ccc21. The van der Waals surface area contributed by atoms with Crippen LogP contribution in [-0.4, -0.2) is 5.91 Å². The van der Waals surface area contributed by atoms with Crippen molar-refractivity contribution in [2.45, 2.75) is 6.54 Å². The van der Waals surface area contributed by atoms with Gasteiger partial charge >= 0.3 is 0 Å². The maximum absolute atomic E-state index is 13.2. The Balaban J connectivity index is 2.07. The van der Waals surface area contributed by atoms with E-state index in [1.807, 2.05) is 6.07 Å². The maximum atomic E-state index is 13.2. The lowest BCUT2D eigenvalue weighted by atomic mass is 10.0. The van der Waals surface area contributed by atoms with Crippen LogP contribution < -0.4 is 5.32 Å². The van der Waals surface area contributed by atoms with Crippen LogP contribution in [0.3, 0.4) is 0 Å². The van der Waals surface area contributed by atoms with Gasteiger partial charge in [0.05, 0.1) is 0 Å². The zero-order valence-electron chi connectivity index (χ0n) is 9.34. The Labute approximate surface area is 102 Å². The van der Waals surface area contributed by atoms with Gasteiger partial charge in [-0.3, -0.25) is 4.79 Å². The average molecular weight is 245 g/mol. The molecule has 2 aromatic carbocycles. The molecule has 4 heteroatoms. The molecule has 18 heavy (non-hydrogen) atoms. The summed E-state index contributed by atoms with van der Waals surface area (Å²) in [6.45, 7) is 0.478. The van der Waals surface area contributed by atoms with Crippen LogP contribution in [-0.2, 0) is 6.54 Å². The Kier molecular flexibility index (Phi) is 2.37. The average Bonchev–Trinajstić information content (AvgIpc) is 2.74. The molecule has 1 amide bonds. The van der Waals surface area contributed by atoms with Gasteiger partial charge in [0.15, 0.2) is 11.6 Å². The van der Waals surface area contributed by atoms with E-state index < -0.39 is 11.6 Å². The van der Waals surface area contributed by atoms with Gasteiger partial charge in [0.1, 0.15) is 0 Å². The molecule has 0 saturated carbocycles. The fraction of sp³-hybridized carbons (Fsp3) is 0.0714. The van der Waals surface area contributed by atoms with Gasteiger partial charge in [-0.05, 0) is 41.0 Å². The Morgan fingerprint density at radius 3 is 2.44 bits per heavy atom. The highest BCUT2D eigenvalue weighted by atomic mass is 19.2. The van der Waals surface area contributed by atoms with Gasteiger partial charge in [0.25, 0.3) is 5.91 Å². The van der Waals surface area contributed by atoms with E-state index in [-0.39, 0.29) is 5.91 Å². The molecule has 0 aliphatic carbocycles. The number of carbonyl (C=O) groups excluding carboxylic acids is 1.